The molecule has 5 atom stereocenters. The monoisotopic (exact) mass is 456 g/mol. The number of benzene rings is 1. The van der Waals surface area contributed by atoms with Gasteiger partial charge in [0.1, 0.15) is 18.3 Å². The Bertz CT molecular complexity index is 1140. The molecule has 168 valence electrons. The maximum Gasteiger partial charge on any atom is 0.296 e. The van der Waals surface area contributed by atoms with Gasteiger partial charge in [-0.1, -0.05) is 23.7 Å². The zero-order valence-corrected chi connectivity index (χ0v) is 18.5. The third-order valence-corrected chi connectivity index (χ3v) is 6.96. The number of hydrogen-bond donors (Lipinski definition) is 2. The zero-order valence-electron chi connectivity index (χ0n) is 17.7. The van der Waals surface area contributed by atoms with E-state index in [9.17, 15) is 5.11 Å². The van der Waals surface area contributed by atoms with E-state index >= 15 is 0 Å². The number of imidazole rings is 1. The molecule has 8 nitrogen and oxygen atoms in total. The van der Waals surface area contributed by atoms with Crippen molar-refractivity contribution in [3.05, 3.63) is 35.4 Å². The van der Waals surface area contributed by atoms with Crippen molar-refractivity contribution in [1.82, 2.24) is 15.0 Å². The highest BCUT2D eigenvalue weighted by Crippen LogP contribution is 2.33. The molecule has 2 N–H and O–H groups in total. The van der Waals surface area contributed by atoms with Crippen molar-refractivity contribution in [2.75, 3.05) is 24.7 Å². The molecule has 1 aromatic carbocycles. The summed E-state index contributed by atoms with van der Waals surface area (Å²) in [7, 11) is 0. The molecule has 0 radical (unpaired) electrons. The number of ether oxygens (including phenoxy) is 3. The largest absolute Gasteiger partial charge is 0.456 e. The van der Waals surface area contributed by atoms with E-state index in [1.165, 1.54) is 18.5 Å². The molecule has 0 aliphatic carbocycles. The minimum atomic E-state index is -0.618. The Hall–Kier alpha value is -2.39. The van der Waals surface area contributed by atoms with Crippen LogP contribution in [-0.2, 0) is 9.47 Å². The first kappa shape index (κ1) is 20.2. The minimum absolute atomic E-state index is 0.255. The molecule has 3 aliphatic heterocycles. The topological polar surface area (TPSA) is 92.7 Å². The predicted molar refractivity (Wildman–Crippen MR) is 120 cm³/mol. The fourth-order valence-electron chi connectivity index (χ4n) is 4.97. The third-order valence-electron chi connectivity index (χ3n) is 6.68. The van der Waals surface area contributed by atoms with Gasteiger partial charge in [-0.25, -0.2) is 4.98 Å². The van der Waals surface area contributed by atoms with Crippen molar-refractivity contribution in [2.45, 2.75) is 50.2 Å². The van der Waals surface area contributed by atoms with Crippen molar-refractivity contribution >= 4 is 28.5 Å². The highest BCUT2D eigenvalue weighted by molar-refractivity contribution is 6.33. The summed E-state index contributed by atoms with van der Waals surface area (Å²) in [5.41, 5.74) is 4.07. The second-order valence-electron chi connectivity index (χ2n) is 8.78. The molecule has 0 saturated carbocycles. The van der Waals surface area contributed by atoms with Crippen molar-refractivity contribution in [1.29, 1.82) is 0 Å². The molecule has 2 aromatic heterocycles. The van der Waals surface area contributed by atoms with Crippen LogP contribution in [0, 0.1) is 0 Å². The van der Waals surface area contributed by atoms with Crippen LogP contribution in [0.4, 0.5) is 5.69 Å². The average molecular weight is 457 g/mol. The summed E-state index contributed by atoms with van der Waals surface area (Å²) in [5.74, 6) is 0. The van der Waals surface area contributed by atoms with E-state index in [0.29, 0.717) is 40.5 Å². The number of nitrogens with one attached hydrogen (secondary N) is 1. The van der Waals surface area contributed by atoms with Crippen LogP contribution in [0.1, 0.15) is 19.8 Å². The molecule has 0 bridgehead atoms. The van der Waals surface area contributed by atoms with Crippen LogP contribution < -0.4 is 9.64 Å². The number of aliphatic hydroxyl groups excluding tert-OH is 1. The van der Waals surface area contributed by atoms with Gasteiger partial charge in [-0.3, -0.25) is 0 Å². The lowest BCUT2D eigenvalue weighted by atomic mass is 10.1. The van der Waals surface area contributed by atoms with E-state index in [1.807, 2.05) is 6.07 Å². The molecule has 0 spiro atoms. The maximum atomic E-state index is 9.90. The maximum absolute atomic E-state index is 9.90. The van der Waals surface area contributed by atoms with E-state index < -0.39 is 6.10 Å². The Balaban J connectivity index is 1.24. The van der Waals surface area contributed by atoms with Gasteiger partial charge in [-0.15, -0.1) is 0 Å². The molecular weight excluding hydrogens is 432 g/mol. The smallest absolute Gasteiger partial charge is 0.296 e. The first-order valence-electron chi connectivity index (χ1n) is 11.1. The summed E-state index contributed by atoms with van der Waals surface area (Å²) in [6, 6.07) is 11.1. The summed E-state index contributed by atoms with van der Waals surface area (Å²) in [6.45, 7) is 3.96. The van der Waals surface area contributed by atoms with Crippen LogP contribution in [0.2, 0.25) is 5.02 Å². The van der Waals surface area contributed by atoms with Crippen LogP contribution in [-0.4, -0.2) is 70.3 Å². The third kappa shape index (κ3) is 3.42. The number of pyridine rings is 1. The molecule has 3 saturated heterocycles. The van der Waals surface area contributed by atoms with Gasteiger partial charge in [0.05, 0.1) is 29.4 Å². The lowest BCUT2D eigenvalue weighted by Crippen LogP contribution is -2.34. The van der Waals surface area contributed by atoms with E-state index in [1.54, 1.807) is 0 Å². The Morgan fingerprint density at radius 1 is 1.16 bits per heavy atom. The van der Waals surface area contributed by atoms with Crippen LogP contribution in [0.15, 0.2) is 30.3 Å². The van der Waals surface area contributed by atoms with Crippen molar-refractivity contribution < 1.29 is 19.3 Å². The minimum Gasteiger partial charge on any atom is -0.456 e. The highest BCUT2D eigenvalue weighted by Gasteiger charge is 2.48. The molecule has 2 unspecified atom stereocenters. The molecule has 0 amide bonds. The van der Waals surface area contributed by atoms with E-state index in [0.717, 1.165) is 12.1 Å². The van der Waals surface area contributed by atoms with Gasteiger partial charge in [0.2, 0.25) is 0 Å². The van der Waals surface area contributed by atoms with Crippen LogP contribution in [0.3, 0.4) is 0 Å². The predicted octanol–water partition coefficient (Wildman–Crippen LogP) is 3.17. The summed E-state index contributed by atoms with van der Waals surface area (Å²) >= 11 is 6.57. The number of nitrogens with zero attached hydrogens (tertiary/aromatic N) is 3. The van der Waals surface area contributed by atoms with Gasteiger partial charge in [-0.2, -0.15) is 4.98 Å². The van der Waals surface area contributed by atoms with Gasteiger partial charge in [0, 0.05) is 23.8 Å². The van der Waals surface area contributed by atoms with E-state index in [4.69, 9.17) is 30.8 Å². The number of halogens is 1. The van der Waals surface area contributed by atoms with Gasteiger partial charge in [0.25, 0.3) is 6.01 Å². The van der Waals surface area contributed by atoms with Gasteiger partial charge in [-0.05, 0) is 38.0 Å². The SMILES string of the molecule is CC1CCCN1c1ccc(-c2nc3nc(O[C@@H]4COC5[C@H](O)CO[C@@H]54)[nH]c3cc2Cl)cc1. The molecule has 32 heavy (non-hydrogen) atoms. The molecule has 3 aliphatic rings. The summed E-state index contributed by atoms with van der Waals surface area (Å²) < 4.78 is 17.2. The zero-order chi connectivity index (χ0) is 21.8. The number of aliphatic hydroxyl groups is 1. The molecule has 3 fully saturated rings. The standard InChI is InChI=1S/C23H25ClN4O4/c1-12-3-2-8-28(12)14-6-4-13(5-7-14)19-15(24)9-16-22(26-19)27-23(25-16)32-18-11-31-20-17(29)10-30-21(18)20/h4-7,9,12,17-18,20-21,29H,2-3,8,10-11H2,1H3,(H,25,26,27)/t12?,17-,18-,20?,21-/m1/s1. The fraction of sp³-hybridized carbons (Fsp3) is 0.478. The highest BCUT2D eigenvalue weighted by atomic mass is 35.5. The molecule has 3 aromatic rings. The lowest BCUT2D eigenvalue weighted by molar-refractivity contribution is 0.00706. The van der Waals surface area contributed by atoms with Crippen LogP contribution in [0.25, 0.3) is 22.4 Å². The quantitative estimate of drug-likeness (QED) is 0.622. The number of hydrogen-bond acceptors (Lipinski definition) is 7. The van der Waals surface area contributed by atoms with Gasteiger partial charge in [0.15, 0.2) is 11.8 Å². The first-order valence-corrected chi connectivity index (χ1v) is 11.5. The molecule has 6 rings (SSSR count). The second kappa shape index (κ2) is 7.88. The summed E-state index contributed by atoms with van der Waals surface area (Å²) in [6.07, 6.45) is 0.853. The number of H-pyrrole nitrogens is 1. The van der Waals surface area contributed by atoms with Crippen molar-refractivity contribution in [3.8, 4) is 17.3 Å². The Kier molecular flexibility index (Phi) is 4.98. The molecular formula is C23H25ClN4O4. The second-order valence-corrected chi connectivity index (χ2v) is 9.19. The lowest BCUT2D eigenvalue weighted by Gasteiger charge is -2.23. The number of aromatic nitrogens is 3. The van der Waals surface area contributed by atoms with Crippen LogP contribution in [0.5, 0.6) is 6.01 Å². The van der Waals surface area contributed by atoms with Crippen molar-refractivity contribution in [3.63, 3.8) is 0 Å². The van der Waals surface area contributed by atoms with Gasteiger partial charge < -0.3 is 29.2 Å². The van der Waals surface area contributed by atoms with E-state index in [2.05, 4.69) is 46.1 Å². The number of aromatic amines is 1. The fourth-order valence-corrected chi connectivity index (χ4v) is 5.23. The van der Waals surface area contributed by atoms with Crippen LogP contribution >= 0.6 is 11.6 Å². The number of anilines is 1. The summed E-state index contributed by atoms with van der Waals surface area (Å²) in [4.78, 5) is 14.7. The normalized spacial score (nSPS) is 29.7. The van der Waals surface area contributed by atoms with Crippen molar-refractivity contribution in [2.24, 2.45) is 0 Å². The number of fused-ring (bicyclic) bond motifs is 2. The molecule has 5 heterocycles. The Labute approximate surface area is 190 Å². The average Bonchev–Trinajstić information content (AvgIpc) is 3.55. The number of rotatable bonds is 4. The Morgan fingerprint density at radius 2 is 1.97 bits per heavy atom. The summed E-state index contributed by atoms with van der Waals surface area (Å²) in [5, 5.41) is 10.4. The first-order chi connectivity index (χ1) is 15.6. The Morgan fingerprint density at radius 3 is 2.75 bits per heavy atom. The molecule has 9 heteroatoms. The van der Waals surface area contributed by atoms with E-state index in [-0.39, 0.29) is 24.9 Å². The van der Waals surface area contributed by atoms with Gasteiger partial charge >= 0.3 is 0 Å².